The Labute approximate surface area is 136 Å². The largest absolute Gasteiger partial charge is 0.507 e. The molecule has 0 atom stereocenters. The molecule has 0 aliphatic heterocycles. The highest BCUT2D eigenvalue weighted by atomic mass is 127. The zero-order chi connectivity index (χ0) is 15.2. The predicted molar refractivity (Wildman–Crippen MR) is 90.5 cm³/mol. The number of ether oxygens (including phenoxy) is 1. The quantitative estimate of drug-likeness (QED) is 0.485. The zero-order valence-corrected chi connectivity index (χ0v) is 13.6. The lowest BCUT2D eigenvalue weighted by Crippen LogP contribution is -2.03. The highest BCUT2D eigenvalue weighted by Gasteiger charge is 2.06. The summed E-state index contributed by atoms with van der Waals surface area (Å²) in [6.07, 6.45) is 1.69. The summed E-state index contributed by atoms with van der Waals surface area (Å²) < 4.78 is 5.72. The van der Waals surface area contributed by atoms with Gasteiger partial charge in [-0.05, 0) is 71.5 Å². The Kier molecular flexibility index (Phi) is 5.32. The van der Waals surface area contributed by atoms with Crippen molar-refractivity contribution in [2.45, 2.75) is 6.92 Å². The summed E-state index contributed by atoms with van der Waals surface area (Å²) in [5.41, 5.74) is 2.02. The van der Waals surface area contributed by atoms with Crippen LogP contribution < -0.4 is 0 Å². The fraction of sp³-hybridized carbons (Fsp3) is 0.125. The molecule has 0 saturated heterocycles. The van der Waals surface area contributed by atoms with E-state index in [-0.39, 0.29) is 11.7 Å². The number of carbonyl (C=O) groups excluding carboxylic acids is 1. The second-order valence-corrected chi connectivity index (χ2v) is 5.40. The Morgan fingerprint density at radius 2 is 2.14 bits per heavy atom. The van der Waals surface area contributed by atoms with Crippen molar-refractivity contribution in [1.29, 1.82) is 0 Å². The van der Waals surface area contributed by atoms with Gasteiger partial charge in [-0.1, -0.05) is 6.07 Å². The Morgan fingerprint density at radius 1 is 1.33 bits per heavy atom. The summed E-state index contributed by atoms with van der Waals surface area (Å²) in [4.78, 5) is 16.0. The van der Waals surface area contributed by atoms with Crippen molar-refractivity contribution >= 4 is 40.5 Å². The third-order valence-electron chi connectivity index (χ3n) is 2.69. The molecule has 0 fully saturated rings. The topological polar surface area (TPSA) is 58.9 Å². The van der Waals surface area contributed by atoms with Gasteiger partial charge in [-0.25, -0.2) is 4.79 Å². The number of benzene rings is 2. The molecule has 0 aliphatic carbocycles. The lowest BCUT2D eigenvalue weighted by Gasteiger charge is -2.02. The fourth-order valence-corrected chi connectivity index (χ4v) is 2.22. The van der Waals surface area contributed by atoms with E-state index in [1.54, 1.807) is 43.5 Å². The van der Waals surface area contributed by atoms with Gasteiger partial charge in [-0.15, -0.1) is 0 Å². The zero-order valence-electron chi connectivity index (χ0n) is 11.4. The van der Waals surface area contributed by atoms with Gasteiger partial charge in [0.1, 0.15) is 5.75 Å². The smallest absolute Gasteiger partial charge is 0.338 e. The number of nitrogens with zero attached hydrogens (tertiary/aromatic N) is 1. The summed E-state index contributed by atoms with van der Waals surface area (Å²) >= 11 is 2.05. The van der Waals surface area contributed by atoms with Gasteiger partial charge in [0, 0.05) is 6.21 Å². The molecule has 0 aromatic heterocycles. The lowest BCUT2D eigenvalue weighted by molar-refractivity contribution is 0.0526. The Morgan fingerprint density at radius 3 is 2.86 bits per heavy atom. The van der Waals surface area contributed by atoms with Crippen LogP contribution in [0.15, 0.2) is 47.5 Å². The van der Waals surface area contributed by atoms with E-state index < -0.39 is 0 Å². The van der Waals surface area contributed by atoms with Crippen LogP contribution in [-0.4, -0.2) is 23.9 Å². The van der Waals surface area contributed by atoms with Crippen LogP contribution in [0.2, 0.25) is 0 Å². The number of carbonyl (C=O) groups is 1. The highest BCUT2D eigenvalue weighted by molar-refractivity contribution is 14.1. The van der Waals surface area contributed by atoms with Crippen molar-refractivity contribution in [3.8, 4) is 5.75 Å². The molecule has 5 heteroatoms. The molecule has 0 amide bonds. The Hall–Kier alpha value is -1.89. The fourth-order valence-electron chi connectivity index (χ4n) is 1.68. The van der Waals surface area contributed by atoms with Crippen LogP contribution in [-0.2, 0) is 4.74 Å². The molecule has 0 aliphatic rings. The van der Waals surface area contributed by atoms with Gasteiger partial charge in [0.2, 0.25) is 0 Å². The number of hydrogen-bond acceptors (Lipinski definition) is 4. The van der Waals surface area contributed by atoms with Crippen molar-refractivity contribution in [2.75, 3.05) is 6.61 Å². The first kappa shape index (κ1) is 15.5. The first-order valence-electron chi connectivity index (χ1n) is 6.40. The number of phenols is 1. The number of phenolic OH excluding ortho intramolecular Hbond substituents is 1. The molecule has 0 saturated carbocycles. The molecule has 2 aromatic rings. The van der Waals surface area contributed by atoms with E-state index >= 15 is 0 Å². The van der Waals surface area contributed by atoms with Crippen LogP contribution in [0.5, 0.6) is 5.75 Å². The van der Waals surface area contributed by atoms with Gasteiger partial charge in [0.25, 0.3) is 0 Å². The van der Waals surface area contributed by atoms with Crippen LogP contribution in [0, 0.1) is 3.57 Å². The van der Waals surface area contributed by atoms with Crippen LogP contribution in [0.1, 0.15) is 22.8 Å². The normalized spacial score (nSPS) is 10.8. The van der Waals surface area contributed by atoms with Gasteiger partial charge in [0.05, 0.1) is 21.4 Å². The van der Waals surface area contributed by atoms with Crippen molar-refractivity contribution in [2.24, 2.45) is 4.99 Å². The molecule has 0 spiro atoms. The highest BCUT2D eigenvalue weighted by Crippen LogP contribution is 2.20. The van der Waals surface area contributed by atoms with Crippen LogP contribution in [0.25, 0.3) is 0 Å². The minimum Gasteiger partial charge on any atom is -0.507 e. The lowest BCUT2D eigenvalue weighted by atomic mass is 10.2. The third-order valence-corrected chi connectivity index (χ3v) is 3.56. The van der Waals surface area contributed by atoms with Gasteiger partial charge >= 0.3 is 5.97 Å². The minimum atomic E-state index is -0.353. The average molecular weight is 395 g/mol. The first-order chi connectivity index (χ1) is 10.1. The van der Waals surface area contributed by atoms with Gasteiger partial charge < -0.3 is 9.84 Å². The number of aromatic hydroxyl groups is 1. The molecule has 1 N–H and O–H groups in total. The van der Waals surface area contributed by atoms with Gasteiger partial charge in [0.15, 0.2) is 0 Å². The molecule has 21 heavy (non-hydrogen) atoms. The summed E-state index contributed by atoms with van der Waals surface area (Å²) in [5, 5.41) is 9.47. The molecule has 0 bridgehead atoms. The molecule has 0 unspecified atom stereocenters. The Bertz CT molecular complexity index is 683. The first-order valence-corrected chi connectivity index (χ1v) is 7.48. The van der Waals surface area contributed by atoms with Crippen molar-refractivity contribution in [1.82, 2.24) is 0 Å². The summed E-state index contributed by atoms with van der Waals surface area (Å²) in [7, 11) is 0. The maximum atomic E-state index is 11.7. The number of rotatable bonds is 4. The molecule has 108 valence electrons. The van der Waals surface area contributed by atoms with E-state index in [1.165, 1.54) is 0 Å². The summed E-state index contributed by atoms with van der Waals surface area (Å²) in [6.45, 7) is 2.12. The summed E-state index contributed by atoms with van der Waals surface area (Å²) in [6, 6.07) is 12.2. The maximum absolute atomic E-state index is 11.7. The van der Waals surface area contributed by atoms with E-state index in [0.717, 1.165) is 9.13 Å². The molecule has 0 heterocycles. The van der Waals surface area contributed by atoms with E-state index in [2.05, 4.69) is 27.6 Å². The molecule has 4 nitrogen and oxygen atoms in total. The number of halogens is 1. The number of esters is 1. The van der Waals surface area contributed by atoms with Crippen LogP contribution in [0.4, 0.5) is 5.69 Å². The van der Waals surface area contributed by atoms with E-state index in [1.807, 2.05) is 12.1 Å². The third kappa shape index (κ3) is 4.29. The average Bonchev–Trinajstić information content (AvgIpc) is 2.49. The van der Waals surface area contributed by atoms with Crippen molar-refractivity contribution in [3.63, 3.8) is 0 Å². The van der Waals surface area contributed by atoms with Crippen molar-refractivity contribution < 1.29 is 14.6 Å². The SMILES string of the molecule is CCOC(=O)c1cccc(N=Cc2ccc(O)c(I)c2)c1. The van der Waals surface area contributed by atoms with E-state index in [9.17, 15) is 9.90 Å². The van der Waals surface area contributed by atoms with E-state index in [4.69, 9.17) is 4.74 Å². The molecule has 0 radical (unpaired) electrons. The van der Waals surface area contributed by atoms with Gasteiger partial charge in [-0.3, -0.25) is 4.99 Å². The predicted octanol–water partition coefficient (Wildman–Crippen LogP) is 3.92. The molecule has 2 aromatic carbocycles. The molecular formula is C16H14INO3. The second kappa shape index (κ2) is 7.21. The van der Waals surface area contributed by atoms with Crippen LogP contribution >= 0.6 is 22.6 Å². The minimum absolute atomic E-state index is 0.247. The summed E-state index contributed by atoms with van der Waals surface area (Å²) in [5.74, 6) is -0.106. The standard InChI is InChI=1S/C16H14INO3/c1-2-21-16(20)12-4-3-5-13(9-12)18-10-11-6-7-15(19)14(17)8-11/h3-10,19H,2H2,1H3. The van der Waals surface area contributed by atoms with E-state index in [0.29, 0.717) is 17.9 Å². The second-order valence-electron chi connectivity index (χ2n) is 4.24. The number of aliphatic imine (C=N–C) groups is 1. The Balaban J connectivity index is 2.19. The number of hydrogen-bond donors (Lipinski definition) is 1. The molecular weight excluding hydrogens is 381 g/mol. The van der Waals surface area contributed by atoms with Crippen molar-refractivity contribution in [3.05, 3.63) is 57.2 Å². The molecule has 2 rings (SSSR count). The maximum Gasteiger partial charge on any atom is 0.338 e. The monoisotopic (exact) mass is 395 g/mol. The van der Waals surface area contributed by atoms with Crippen LogP contribution in [0.3, 0.4) is 0 Å². The van der Waals surface area contributed by atoms with Gasteiger partial charge in [-0.2, -0.15) is 0 Å².